The highest BCUT2D eigenvalue weighted by molar-refractivity contribution is 7.86. The van der Waals surface area contributed by atoms with Gasteiger partial charge in [-0.2, -0.15) is 54.1 Å². The Morgan fingerprint density at radius 2 is 0.591 bits per heavy atom. The van der Waals surface area contributed by atoms with Gasteiger partial charge in [-0.05, 0) is 0 Å². The first-order valence-electron chi connectivity index (χ1n) is 10.9. The third-order valence-electron chi connectivity index (χ3n) is 5.65. The van der Waals surface area contributed by atoms with Crippen LogP contribution in [0, 0.1) is 0 Å². The van der Waals surface area contributed by atoms with Gasteiger partial charge in [-0.25, -0.2) is 18.7 Å². The highest BCUT2D eigenvalue weighted by Crippen LogP contribution is 2.36. The fraction of sp³-hybridized carbons (Fsp3) is 0. The Labute approximate surface area is 244 Å². The van der Waals surface area contributed by atoms with Crippen LogP contribution in [0.25, 0.3) is 22.8 Å². The monoisotopic (exact) mass is 692 g/mol. The van der Waals surface area contributed by atoms with Crippen molar-refractivity contribution >= 4 is 74.8 Å². The lowest BCUT2D eigenvalue weighted by Crippen LogP contribution is -2.31. The van der Waals surface area contributed by atoms with Crippen LogP contribution >= 0.6 is 0 Å². The van der Waals surface area contributed by atoms with Gasteiger partial charge in [0.1, 0.15) is 42.4 Å². The highest BCUT2D eigenvalue weighted by atomic mass is 32.2. The summed E-state index contributed by atoms with van der Waals surface area (Å²) in [6.07, 6.45) is 4.45. The molecule has 1 aliphatic rings. The first-order valence-corrected chi connectivity index (χ1v) is 16.6. The molecular weight excluding hydrogens is 681 g/mol. The zero-order chi connectivity index (χ0) is 32.6. The van der Waals surface area contributed by atoms with Gasteiger partial charge in [0.05, 0.1) is 49.6 Å². The predicted octanol–water partition coefficient (Wildman–Crippen LogP) is -2.04. The third-order valence-corrected chi connectivity index (χ3v) is 8.88. The molecule has 44 heavy (non-hydrogen) atoms. The zero-order valence-corrected chi connectivity index (χ0v) is 24.0. The number of hydrogen-bond donors (Lipinski definition) is 4. The van der Waals surface area contributed by atoms with Crippen LogP contribution in [-0.4, -0.2) is 103 Å². The molecule has 0 saturated heterocycles. The van der Waals surface area contributed by atoms with Crippen molar-refractivity contribution in [2.24, 2.45) is 0 Å². The summed E-state index contributed by atoms with van der Waals surface area (Å²) in [5.41, 5.74) is -3.72. The topological polar surface area (TPSA) is 323 Å². The SMILES string of the molecule is O=C1C(n2cc(S(=O)(=O)O)cn2)=C(n2cc(S(=O)(=O)O)cn2)C(=O)C(n2cc(S(=O)(=O)O)cn2)=C1n1cc(S(=O)(=O)O)cn1. The lowest BCUT2D eigenvalue weighted by molar-refractivity contribution is -0.112. The van der Waals surface area contributed by atoms with Crippen molar-refractivity contribution < 1.29 is 61.5 Å². The van der Waals surface area contributed by atoms with E-state index in [-0.39, 0.29) is 0 Å². The van der Waals surface area contributed by atoms with Gasteiger partial charge in [0, 0.05) is 0 Å². The normalized spacial score (nSPS) is 15.5. The summed E-state index contributed by atoms with van der Waals surface area (Å²) in [7, 11) is -19.8. The Morgan fingerprint density at radius 3 is 0.727 bits per heavy atom. The second-order valence-electron chi connectivity index (χ2n) is 8.44. The summed E-state index contributed by atoms with van der Waals surface area (Å²) in [6.45, 7) is 0. The molecule has 0 aromatic carbocycles. The molecule has 0 amide bonds. The maximum absolute atomic E-state index is 14.1. The Hall–Kier alpha value is -4.70. The lowest BCUT2D eigenvalue weighted by Gasteiger charge is -2.23. The van der Waals surface area contributed by atoms with Crippen molar-refractivity contribution in [2.45, 2.75) is 19.6 Å². The minimum atomic E-state index is -4.95. The predicted molar refractivity (Wildman–Crippen MR) is 137 cm³/mol. The van der Waals surface area contributed by atoms with Crippen molar-refractivity contribution in [3.63, 3.8) is 0 Å². The van der Waals surface area contributed by atoms with E-state index < -0.39 is 94.4 Å². The summed E-state index contributed by atoms with van der Waals surface area (Å²) >= 11 is 0. The Morgan fingerprint density at radius 1 is 0.409 bits per heavy atom. The highest BCUT2D eigenvalue weighted by Gasteiger charge is 2.41. The van der Waals surface area contributed by atoms with Crippen molar-refractivity contribution in [1.29, 1.82) is 0 Å². The minimum absolute atomic E-state index is 0.449. The van der Waals surface area contributed by atoms with E-state index in [0.29, 0.717) is 68.3 Å². The molecule has 0 spiro atoms. The van der Waals surface area contributed by atoms with Crippen molar-refractivity contribution in [1.82, 2.24) is 39.1 Å². The van der Waals surface area contributed by atoms with E-state index in [1.54, 1.807) is 0 Å². The molecule has 0 saturated carbocycles. The Bertz CT molecular complexity index is 2090. The van der Waals surface area contributed by atoms with Crippen LogP contribution in [-0.2, 0) is 50.1 Å². The average molecular weight is 693 g/mol. The van der Waals surface area contributed by atoms with Crippen molar-refractivity contribution in [2.75, 3.05) is 0 Å². The number of rotatable bonds is 8. The molecular formula is C18H12N8O14S4. The molecule has 4 heterocycles. The summed E-state index contributed by atoms with van der Waals surface area (Å²) in [5.74, 6) is -2.78. The molecule has 5 rings (SSSR count). The van der Waals surface area contributed by atoms with E-state index >= 15 is 0 Å². The summed E-state index contributed by atoms with van der Waals surface area (Å²) in [6, 6.07) is 0. The number of nitrogens with zero attached hydrogens (tertiary/aromatic N) is 8. The standard InChI is InChI=1S/C18H12N8O14S4/c27-17-13(23-5-9(1-19-23)41(29,30)31)14(24-6-10(2-20-24)42(32,33)34)18(28)16(26-8-12(4-22-26)44(38,39)40)15(17)25-7-11(3-21-25)43(35,36)37/h1-8H,(H,29,30,31)(H,32,33,34)(H,35,36,37)(H,38,39,40). The van der Waals surface area contributed by atoms with Gasteiger partial charge >= 0.3 is 0 Å². The summed E-state index contributed by atoms with van der Waals surface area (Å²) in [5, 5.41) is 14.6. The van der Waals surface area contributed by atoms with E-state index in [9.17, 15) is 61.5 Å². The Kier molecular flexibility index (Phi) is 6.93. The average Bonchev–Trinajstić information content (AvgIpc) is 3.69. The number of carbonyl (C=O) groups is 2. The van der Waals surface area contributed by atoms with E-state index in [1.807, 2.05) is 0 Å². The molecule has 0 aliphatic heterocycles. The van der Waals surface area contributed by atoms with Gasteiger partial charge in [0.25, 0.3) is 40.5 Å². The van der Waals surface area contributed by atoms with Gasteiger partial charge in [-0.1, -0.05) is 0 Å². The molecule has 0 radical (unpaired) electrons. The largest absolute Gasteiger partial charge is 0.297 e. The van der Waals surface area contributed by atoms with Crippen molar-refractivity contribution in [3.05, 3.63) is 49.6 Å². The molecule has 22 nitrogen and oxygen atoms in total. The van der Waals surface area contributed by atoms with Crippen LogP contribution in [0.15, 0.2) is 69.2 Å². The third kappa shape index (κ3) is 5.41. The fourth-order valence-electron chi connectivity index (χ4n) is 3.75. The molecule has 26 heteroatoms. The molecule has 4 aromatic rings. The fourth-order valence-corrected chi connectivity index (χ4v) is 5.41. The van der Waals surface area contributed by atoms with E-state index in [1.165, 1.54) is 0 Å². The number of Topliss-reactive ketones (excluding diaryl/α,β-unsaturated/α-hetero) is 2. The first-order chi connectivity index (χ1) is 20.2. The lowest BCUT2D eigenvalue weighted by atomic mass is 9.99. The molecule has 0 atom stereocenters. The summed E-state index contributed by atoms with van der Waals surface area (Å²) in [4.78, 5) is 24.7. The molecule has 232 valence electrons. The second-order valence-corrected chi connectivity index (χ2v) is 14.1. The van der Waals surface area contributed by atoms with Gasteiger partial charge in [-0.15, -0.1) is 0 Å². The Balaban J connectivity index is 1.88. The van der Waals surface area contributed by atoms with E-state index in [2.05, 4.69) is 20.4 Å². The maximum Gasteiger partial charge on any atom is 0.297 e. The van der Waals surface area contributed by atoms with Crippen molar-refractivity contribution in [3.8, 4) is 0 Å². The van der Waals surface area contributed by atoms with E-state index in [0.717, 1.165) is 0 Å². The van der Waals surface area contributed by atoms with Crippen LogP contribution in [0.3, 0.4) is 0 Å². The second kappa shape index (κ2) is 9.92. The quantitative estimate of drug-likeness (QED) is 0.114. The summed E-state index contributed by atoms with van der Waals surface area (Å²) < 4.78 is 133. The van der Waals surface area contributed by atoms with E-state index in [4.69, 9.17) is 0 Å². The van der Waals surface area contributed by atoms with Crippen LogP contribution < -0.4 is 0 Å². The van der Waals surface area contributed by atoms with Crippen LogP contribution in [0.4, 0.5) is 0 Å². The molecule has 1 aliphatic carbocycles. The number of hydrogen-bond acceptors (Lipinski definition) is 14. The van der Waals surface area contributed by atoms with Gasteiger partial charge in [-0.3, -0.25) is 27.8 Å². The number of aromatic nitrogens is 8. The maximum atomic E-state index is 14.1. The number of allylic oxidation sites excluding steroid dienone is 4. The molecule has 0 bridgehead atoms. The molecule has 0 unspecified atom stereocenters. The molecule has 0 fully saturated rings. The van der Waals surface area contributed by atoms with Crippen LogP contribution in [0.1, 0.15) is 0 Å². The van der Waals surface area contributed by atoms with Gasteiger partial charge in [0.2, 0.25) is 11.6 Å². The zero-order valence-electron chi connectivity index (χ0n) is 20.7. The number of ketones is 2. The minimum Gasteiger partial charge on any atom is -0.285 e. The number of carbonyl (C=O) groups excluding carboxylic acids is 2. The smallest absolute Gasteiger partial charge is 0.285 e. The van der Waals surface area contributed by atoms with Crippen LogP contribution in [0.5, 0.6) is 0 Å². The van der Waals surface area contributed by atoms with Gasteiger partial charge < -0.3 is 0 Å². The van der Waals surface area contributed by atoms with Gasteiger partial charge in [0.15, 0.2) is 0 Å². The molecule has 4 aromatic heterocycles. The van der Waals surface area contributed by atoms with Crippen LogP contribution in [0.2, 0.25) is 0 Å². The first kappa shape index (κ1) is 30.7. The molecule has 4 N–H and O–H groups in total.